The molecule has 25 heavy (non-hydrogen) atoms. The number of ether oxygens (including phenoxy) is 1. The van der Waals surface area contributed by atoms with Crippen molar-refractivity contribution in [3.05, 3.63) is 65.7 Å². The van der Waals surface area contributed by atoms with Gasteiger partial charge >= 0.3 is 0 Å². The van der Waals surface area contributed by atoms with Gasteiger partial charge in [0.15, 0.2) is 6.61 Å². The SMILES string of the molecule is O=C(COc1ccccc1Cc1ccccc1)NC(C1CC1)C1CC1. The predicted molar refractivity (Wildman–Crippen MR) is 98.6 cm³/mol. The van der Waals surface area contributed by atoms with Crippen LogP contribution in [0.5, 0.6) is 5.75 Å². The van der Waals surface area contributed by atoms with Crippen molar-refractivity contribution in [3.8, 4) is 5.75 Å². The number of nitrogens with one attached hydrogen (secondary N) is 1. The molecule has 0 bridgehead atoms. The Morgan fingerprint density at radius 1 is 0.960 bits per heavy atom. The first kappa shape index (κ1) is 16.2. The lowest BCUT2D eigenvalue weighted by Gasteiger charge is -2.18. The largest absolute Gasteiger partial charge is 0.483 e. The zero-order chi connectivity index (χ0) is 17.1. The van der Waals surface area contributed by atoms with Crippen molar-refractivity contribution in [1.82, 2.24) is 5.32 Å². The highest BCUT2D eigenvalue weighted by molar-refractivity contribution is 5.78. The van der Waals surface area contributed by atoms with Crippen LogP contribution in [0, 0.1) is 11.8 Å². The maximum atomic E-state index is 12.3. The number of para-hydroxylation sites is 1. The highest BCUT2D eigenvalue weighted by atomic mass is 16.5. The monoisotopic (exact) mass is 335 g/mol. The van der Waals surface area contributed by atoms with Crippen LogP contribution in [0.1, 0.15) is 36.8 Å². The number of rotatable bonds is 8. The van der Waals surface area contributed by atoms with Crippen LogP contribution in [0.25, 0.3) is 0 Å². The first-order valence-electron chi connectivity index (χ1n) is 9.33. The molecule has 2 saturated carbocycles. The standard InChI is InChI=1S/C22H25NO2/c24-21(23-22(17-10-11-17)18-12-13-18)15-25-20-9-5-4-8-19(20)14-16-6-2-1-3-7-16/h1-9,17-18,22H,10-15H2,(H,23,24). The average molecular weight is 335 g/mol. The van der Waals surface area contributed by atoms with E-state index in [1.165, 1.54) is 31.2 Å². The van der Waals surface area contributed by atoms with Gasteiger partial charge < -0.3 is 10.1 Å². The predicted octanol–water partition coefficient (Wildman–Crippen LogP) is 3.96. The summed E-state index contributed by atoms with van der Waals surface area (Å²) in [6.07, 6.45) is 5.88. The molecule has 1 N–H and O–H groups in total. The Bertz CT molecular complexity index is 708. The summed E-state index contributed by atoms with van der Waals surface area (Å²) in [5.74, 6) is 2.23. The maximum Gasteiger partial charge on any atom is 0.258 e. The minimum Gasteiger partial charge on any atom is -0.483 e. The van der Waals surface area contributed by atoms with E-state index in [1.54, 1.807) is 0 Å². The Morgan fingerprint density at radius 2 is 1.60 bits per heavy atom. The second-order valence-corrected chi connectivity index (χ2v) is 7.33. The third-order valence-corrected chi connectivity index (χ3v) is 5.16. The minimum atomic E-state index is 0.0123. The highest BCUT2D eigenvalue weighted by Crippen LogP contribution is 2.44. The molecule has 2 fully saturated rings. The Hall–Kier alpha value is -2.29. The normalized spacial score (nSPS) is 16.7. The van der Waals surface area contributed by atoms with E-state index in [4.69, 9.17) is 4.74 Å². The van der Waals surface area contributed by atoms with Gasteiger partial charge in [-0.1, -0.05) is 48.5 Å². The summed E-state index contributed by atoms with van der Waals surface area (Å²) in [6, 6.07) is 18.7. The van der Waals surface area contributed by atoms with Crippen molar-refractivity contribution in [2.45, 2.75) is 38.1 Å². The lowest BCUT2D eigenvalue weighted by Crippen LogP contribution is -2.40. The molecule has 0 spiro atoms. The fourth-order valence-corrected chi connectivity index (χ4v) is 3.51. The molecule has 1 amide bonds. The van der Waals surface area contributed by atoms with Gasteiger partial charge in [-0.05, 0) is 54.7 Å². The van der Waals surface area contributed by atoms with Gasteiger partial charge in [-0.25, -0.2) is 0 Å². The summed E-state index contributed by atoms with van der Waals surface area (Å²) in [5, 5.41) is 3.22. The zero-order valence-electron chi connectivity index (χ0n) is 14.5. The van der Waals surface area contributed by atoms with E-state index in [1.807, 2.05) is 36.4 Å². The van der Waals surface area contributed by atoms with Gasteiger partial charge in [0.2, 0.25) is 0 Å². The van der Waals surface area contributed by atoms with Crippen LogP contribution >= 0.6 is 0 Å². The molecule has 0 atom stereocenters. The maximum absolute atomic E-state index is 12.3. The summed E-state index contributed by atoms with van der Waals surface area (Å²) in [7, 11) is 0. The van der Waals surface area contributed by atoms with Crippen molar-refractivity contribution < 1.29 is 9.53 Å². The average Bonchev–Trinajstić information content (AvgIpc) is 3.54. The van der Waals surface area contributed by atoms with Crippen LogP contribution in [0.3, 0.4) is 0 Å². The van der Waals surface area contributed by atoms with E-state index < -0.39 is 0 Å². The molecule has 130 valence electrons. The molecule has 0 aliphatic heterocycles. The van der Waals surface area contributed by atoms with Crippen molar-refractivity contribution in [1.29, 1.82) is 0 Å². The van der Waals surface area contributed by atoms with Gasteiger partial charge in [0.05, 0.1) is 0 Å². The number of hydrogen-bond acceptors (Lipinski definition) is 2. The molecule has 0 radical (unpaired) electrons. The van der Waals surface area contributed by atoms with Gasteiger partial charge in [-0.2, -0.15) is 0 Å². The van der Waals surface area contributed by atoms with Crippen LogP contribution < -0.4 is 10.1 Å². The topological polar surface area (TPSA) is 38.3 Å². The molecule has 3 heteroatoms. The van der Waals surface area contributed by atoms with E-state index in [-0.39, 0.29) is 12.5 Å². The van der Waals surface area contributed by atoms with E-state index in [0.29, 0.717) is 17.9 Å². The Morgan fingerprint density at radius 3 is 2.28 bits per heavy atom. The molecule has 3 nitrogen and oxygen atoms in total. The third kappa shape index (κ3) is 4.41. The molecule has 2 aliphatic rings. The summed E-state index contributed by atoms with van der Waals surface area (Å²) in [5.41, 5.74) is 2.35. The number of hydrogen-bond donors (Lipinski definition) is 1. The van der Waals surface area contributed by atoms with Gasteiger partial charge in [0.25, 0.3) is 5.91 Å². The van der Waals surface area contributed by atoms with E-state index in [9.17, 15) is 4.79 Å². The van der Waals surface area contributed by atoms with Gasteiger partial charge in [0, 0.05) is 12.5 Å². The second-order valence-electron chi connectivity index (χ2n) is 7.33. The summed E-state index contributed by atoms with van der Waals surface area (Å²) in [6.45, 7) is 0.0990. The summed E-state index contributed by atoms with van der Waals surface area (Å²) in [4.78, 5) is 12.3. The molecule has 0 unspecified atom stereocenters. The van der Waals surface area contributed by atoms with Crippen LogP contribution in [-0.2, 0) is 11.2 Å². The van der Waals surface area contributed by atoms with Crippen molar-refractivity contribution in [2.24, 2.45) is 11.8 Å². The first-order valence-corrected chi connectivity index (χ1v) is 9.33. The summed E-state index contributed by atoms with van der Waals surface area (Å²) < 4.78 is 5.86. The molecule has 0 saturated heterocycles. The lowest BCUT2D eigenvalue weighted by atomic mass is 10.0. The molecule has 4 rings (SSSR count). The van der Waals surface area contributed by atoms with Crippen LogP contribution in [0.15, 0.2) is 54.6 Å². The fourth-order valence-electron chi connectivity index (χ4n) is 3.51. The Balaban J connectivity index is 1.35. The van der Waals surface area contributed by atoms with Crippen molar-refractivity contribution in [3.63, 3.8) is 0 Å². The van der Waals surface area contributed by atoms with Gasteiger partial charge in [-0.3, -0.25) is 4.79 Å². The van der Waals surface area contributed by atoms with Crippen molar-refractivity contribution >= 4 is 5.91 Å². The van der Waals surface area contributed by atoms with Crippen molar-refractivity contribution in [2.75, 3.05) is 6.61 Å². The first-order chi connectivity index (χ1) is 12.3. The van der Waals surface area contributed by atoms with Gasteiger partial charge in [0.1, 0.15) is 5.75 Å². The van der Waals surface area contributed by atoms with Gasteiger partial charge in [-0.15, -0.1) is 0 Å². The van der Waals surface area contributed by atoms with E-state index in [0.717, 1.165) is 17.7 Å². The Kier molecular flexibility index (Phi) is 4.73. The van der Waals surface area contributed by atoms with E-state index in [2.05, 4.69) is 23.5 Å². The van der Waals surface area contributed by atoms with Crippen LogP contribution in [-0.4, -0.2) is 18.6 Å². The minimum absolute atomic E-state index is 0.0123. The number of benzene rings is 2. The molecule has 2 aliphatic carbocycles. The van der Waals surface area contributed by atoms with Crippen LogP contribution in [0.2, 0.25) is 0 Å². The Labute approximate surface area is 149 Å². The molecular weight excluding hydrogens is 310 g/mol. The van der Waals surface area contributed by atoms with Crippen LogP contribution in [0.4, 0.5) is 0 Å². The molecule has 2 aromatic carbocycles. The lowest BCUT2D eigenvalue weighted by molar-refractivity contribution is -0.124. The highest BCUT2D eigenvalue weighted by Gasteiger charge is 2.42. The number of carbonyl (C=O) groups excluding carboxylic acids is 1. The van der Waals surface area contributed by atoms with E-state index >= 15 is 0 Å². The third-order valence-electron chi connectivity index (χ3n) is 5.16. The number of amides is 1. The summed E-state index contributed by atoms with van der Waals surface area (Å²) >= 11 is 0. The molecule has 2 aromatic rings. The molecular formula is C22H25NO2. The molecule has 0 heterocycles. The number of carbonyl (C=O) groups is 1. The quantitative estimate of drug-likeness (QED) is 0.793. The zero-order valence-corrected chi connectivity index (χ0v) is 14.5. The fraction of sp³-hybridized carbons (Fsp3) is 0.409. The molecule has 0 aromatic heterocycles. The smallest absolute Gasteiger partial charge is 0.258 e. The second kappa shape index (κ2) is 7.30.